The molecule has 0 aliphatic carbocycles. The van der Waals surface area contributed by atoms with Gasteiger partial charge in [0.15, 0.2) is 11.6 Å². The number of carbonyl (C=O) groups is 3. The third-order valence-corrected chi connectivity index (χ3v) is 4.98. The number of aromatic nitrogens is 1. The molecule has 0 aliphatic heterocycles. The van der Waals surface area contributed by atoms with E-state index in [2.05, 4.69) is 0 Å². The van der Waals surface area contributed by atoms with Crippen LogP contribution in [0.4, 0.5) is 17.6 Å². The summed E-state index contributed by atoms with van der Waals surface area (Å²) in [5.41, 5.74) is 5.61. The number of amidine groups is 1. The van der Waals surface area contributed by atoms with Gasteiger partial charge in [-0.3, -0.25) is 5.41 Å². The highest BCUT2D eigenvalue weighted by Crippen LogP contribution is 2.23. The molecule has 0 bridgehead atoms. The molecule has 0 atom stereocenters. The molecule has 0 amide bonds. The fraction of sp³-hybridized carbons (Fsp3) is 0.100. The van der Waals surface area contributed by atoms with Crippen LogP contribution in [0.1, 0.15) is 30.6 Å². The van der Waals surface area contributed by atoms with Gasteiger partial charge in [0, 0.05) is 16.6 Å². The molecule has 1 aromatic carbocycles. The molecule has 5 N–H and O–H groups in total. The number of aliphatic carboxylic acids is 1. The lowest BCUT2D eigenvalue weighted by molar-refractivity contribution is -0.192. The van der Waals surface area contributed by atoms with E-state index in [9.17, 15) is 27.2 Å². The van der Waals surface area contributed by atoms with E-state index in [0.717, 1.165) is 22.3 Å². The number of carbonyl (C=O) groups excluding carboxylic acids is 1. The summed E-state index contributed by atoms with van der Waals surface area (Å²) in [7, 11) is 0. The van der Waals surface area contributed by atoms with Crippen LogP contribution in [0.15, 0.2) is 48.7 Å². The van der Waals surface area contributed by atoms with Crippen molar-refractivity contribution in [3.05, 3.63) is 75.5 Å². The van der Waals surface area contributed by atoms with Crippen molar-refractivity contribution in [1.82, 2.24) is 4.57 Å². The molecule has 3 rings (SSSR count). The van der Waals surface area contributed by atoms with Crippen LogP contribution >= 0.6 is 11.3 Å². The highest BCUT2D eigenvalue weighted by Gasteiger charge is 2.38. The van der Waals surface area contributed by atoms with Gasteiger partial charge < -0.3 is 25.3 Å². The second-order valence-corrected chi connectivity index (χ2v) is 7.51. The molecule has 2 heterocycles. The number of hydrogen-bond donors (Lipinski definition) is 4. The first kappa shape index (κ1) is 26.1. The van der Waals surface area contributed by atoms with E-state index in [4.69, 9.17) is 30.9 Å². The average Bonchev–Trinajstić information content (AvgIpc) is 3.39. The summed E-state index contributed by atoms with van der Waals surface area (Å²) in [5.74, 6) is -5.88. The molecule has 0 spiro atoms. The number of carboxylic acid groups (broad SMARTS) is 2. The minimum Gasteiger partial charge on any atom is -0.477 e. The summed E-state index contributed by atoms with van der Waals surface area (Å²) in [6.45, 7) is 0.286. The van der Waals surface area contributed by atoms with E-state index in [1.165, 1.54) is 24.3 Å². The summed E-state index contributed by atoms with van der Waals surface area (Å²) < 4.78 is 52.3. The van der Waals surface area contributed by atoms with Gasteiger partial charge in [-0.2, -0.15) is 13.2 Å². The van der Waals surface area contributed by atoms with E-state index in [1.807, 2.05) is 0 Å². The standard InChI is InChI=1S/C18H14FN3O4S.C2HF3O2/c19-12-8-10(16(20)21)3-5-14(12)26-18(25)15-6-4-11(27-15)9-22-7-1-2-13(22)17(23)24;3-2(4,5)1(6)7/h1-8H,9H2,(H3,20,21)(H,23,24);(H,6,7). The number of halogens is 4. The molecule has 0 fully saturated rings. The molecule has 0 saturated carbocycles. The predicted molar refractivity (Wildman–Crippen MR) is 111 cm³/mol. The fourth-order valence-corrected chi connectivity index (χ4v) is 3.27. The number of rotatable bonds is 6. The van der Waals surface area contributed by atoms with Gasteiger partial charge in [0.25, 0.3) is 0 Å². The monoisotopic (exact) mass is 501 g/mol. The third kappa shape index (κ3) is 6.90. The van der Waals surface area contributed by atoms with Crippen LogP contribution in [0.3, 0.4) is 0 Å². The van der Waals surface area contributed by atoms with Crippen LogP contribution in [0.25, 0.3) is 0 Å². The smallest absolute Gasteiger partial charge is 0.477 e. The Hall–Kier alpha value is -4.20. The highest BCUT2D eigenvalue weighted by molar-refractivity contribution is 7.13. The Labute approximate surface area is 192 Å². The second-order valence-electron chi connectivity index (χ2n) is 6.34. The number of thiophene rings is 1. The molecule has 2 aromatic heterocycles. The number of carboxylic acids is 2. The topological polar surface area (TPSA) is 156 Å². The van der Waals surface area contributed by atoms with Crippen molar-refractivity contribution >= 4 is 35.1 Å². The van der Waals surface area contributed by atoms with Gasteiger partial charge in [-0.05, 0) is 42.5 Å². The Bertz CT molecular complexity index is 1240. The van der Waals surface area contributed by atoms with Gasteiger partial charge >= 0.3 is 24.1 Å². The van der Waals surface area contributed by atoms with Crippen LogP contribution in [0, 0.1) is 11.2 Å². The lowest BCUT2D eigenvalue weighted by atomic mass is 10.2. The van der Waals surface area contributed by atoms with Gasteiger partial charge in [-0.25, -0.2) is 18.8 Å². The molecular weight excluding hydrogens is 486 g/mol. The molecule has 9 nitrogen and oxygen atoms in total. The first-order valence-corrected chi connectivity index (χ1v) is 9.74. The Morgan fingerprint density at radius 1 is 1.12 bits per heavy atom. The van der Waals surface area contributed by atoms with Crippen molar-refractivity contribution in [3.63, 3.8) is 0 Å². The van der Waals surface area contributed by atoms with Gasteiger partial charge in [-0.15, -0.1) is 11.3 Å². The number of alkyl halides is 3. The van der Waals surface area contributed by atoms with Crippen molar-refractivity contribution in [2.75, 3.05) is 0 Å². The first-order valence-electron chi connectivity index (χ1n) is 8.93. The van der Waals surface area contributed by atoms with Crippen molar-refractivity contribution in [1.29, 1.82) is 5.41 Å². The van der Waals surface area contributed by atoms with Gasteiger partial charge in [0.1, 0.15) is 16.4 Å². The number of nitrogen functional groups attached to an aromatic ring is 1. The fourth-order valence-electron chi connectivity index (χ4n) is 2.39. The zero-order valence-electron chi connectivity index (χ0n) is 16.8. The number of ether oxygens (including phenoxy) is 1. The summed E-state index contributed by atoms with van der Waals surface area (Å²) >= 11 is 1.13. The quantitative estimate of drug-likeness (QED) is 0.132. The van der Waals surface area contributed by atoms with Crippen LogP contribution in [-0.2, 0) is 11.3 Å². The lowest BCUT2D eigenvalue weighted by Gasteiger charge is -2.06. The van der Waals surface area contributed by atoms with Crippen LogP contribution in [-0.4, -0.2) is 44.7 Å². The number of nitrogens with one attached hydrogen (secondary N) is 1. The Kier molecular flexibility index (Phi) is 8.13. The molecule has 34 heavy (non-hydrogen) atoms. The largest absolute Gasteiger partial charge is 0.490 e. The maximum Gasteiger partial charge on any atom is 0.490 e. The Morgan fingerprint density at radius 3 is 2.29 bits per heavy atom. The molecule has 0 radical (unpaired) electrons. The van der Waals surface area contributed by atoms with E-state index in [1.54, 1.807) is 22.9 Å². The average molecular weight is 501 g/mol. The maximum absolute atomic E-state index is 14.0. The number of aromatic carboxylic acids is 1. The minimum atomic E-state index is -5.08. The number of esters is 1. The van der Waals surface area contributed by atoms with Crippen LogP contribution in [0.2, 0.25) is 0 Å². The lowest BCUT2D eigenvalue weighted by Crippen LogP contribution is -2.21. The third-order valence-electron chi connectivity index (χ3n) is 3.93. The number of benzene rings is 1. The molecule has 14 heteroatoms. The zero-order chi connectivity index (χ0) is 25.6. The number of hydrogen-bond acceptors (Lipinski definition) is 6. The minimum absolute atomic E-state index is 0.139. The zero-order valence-corrected chi connectivity index (χ0v) is 17.6. The van der Waals surface area contributed by atoms with Crippen molar-refractivity contribution < 1.29 is 46.9 Å². The SMILES string of the molecule is N=C(N)c1ccc(OC(=O)c2ccc(Cn3cccc3C(=O)O)s2)c(F)c1.O=C(O)C(F)(F)F. The summed E-state index contributed by atoms with van der Waals surface area (Å²) in [6.07, 6.45) is -3.45. The molecule has 0 aliphatic rings. The van der Waals surface area contributed by atoms with Crippen molar-refractivity contribution in [2.45, 2.75) is 12.7 Å². The molecule has 3 aromatic rings. The normalized spacial score (nSPS) is 10.7. The summed E-state index contributed by atoms with van der Waals surface area (Å²) in [4.78, 5) is 33.3. The Balaban J connectivity index is 0.000000509. The second kappa shape index (κ2) is 10.6. The van der Waals surface area contributed by atoms with Gasteiger partial charge in [-0.1, -0.05) is 0 Å². The first-order chi connectivity index (χ1) is 15.8. The van der Waals surface area contributed by atoms with E-state index >= 15 is 0 Å². The molecule has 0 saturated heterocycles. The van der Waals surface area contributed by atoms with Gasteiger partial charge in [0.05, 0.1) is 6.54 Å². The molecular formula is C20H15F4N3O6S. The number of nitrogens with zero attached hydrogens (tertiary/aromatic N) is 1. The van der Waals surface area contributed by atoms with Crippen LogP contribution in [0.5, 0.6) is 5.75 Å². The van der Waals surface area contributed by atoms with E-state index in [-0.39, 0.29) is 34.3 Å². The van der Waals surface area contributed by atoms with Crippen molar-refractivity contribution in [2.24, 2.45) is 5.73 Å². The molecule has 180 valence electrons. The molecule has 0 unspecified atom stereocenters. The summed E-state index contributed by atoms with van der Waals surface area (Å²) in [5, 5.41) is 23.5. The maximum atomic E-state index is 14.0. The van der Waals surface area contributed by atoms with E-state index < -0.39 is 29.9 Å². The highest BCUT2D eigenvalue weighted by atomic mass is 32.1. The summed E-state index contributed by atoms with van der Waals surface area (Å²) in [6, 6.07) is 9.96. The van der Waals surface area contributed by atoms with Crippen LogP contribution < -0.4 is 10.5 Å². The predicted octanol–water partition coefficient (Wildman–Crippen LogP) is 3.57. The Morgan fingerprint density at radius 2 is 1.76 bits per heavy atom. The number of nitrogens with two attached hydrogens (primary N) is 1. The van der Waals surface area contributed by atoms with Gasteiger partial charge in [0.2, 0.25) is 0 Å². The van der Waals surface area contributed by atoms with E-state index in [0.29, 0.717) is 0 Å². The van der Waals surface area contributed by atoms with Crippen molar-refractivity contribution in [3.8, 4) is 5.75 Å².